The predicted molar refractivity (Wildman–Crippen MR) is 156 cm³/mol. The van der Waals surface area contributed by atoms with Crippen molar-refractivity contribution in [3.63, 3.8) is 0 Å². The molecule has 1 aliphatic rings. The Bertz CT molecular complexity index is 1330. The summed E-state index contributed by atoms with van der Waals surface area (Å²) in [6, 6.07) is 8.99. The van der Waals surface area contributed by atoms with Crippen molar-refractivity contribution in [3.05, 3.63) is 62.4 Å². The molecule has 2 aromatic rings. The predicted octanol–water partition coefficient (Wildman–Crippen LogP) is 2.36. The van der Waals surface area contributed by atoms with Crippen LogP contribution in [0.4, 0.5) is 4.79 Å². The molecule has 0 saturated heterocycles. The van der Waals surface area contributed by atoms with E-state index < -0.39 is 30.2 Å². The van der Waals surface area contributed by atoms with E-state index in [1.54, 1.807) is 50.2 Å². The van der Waals surface area contributed by atoms with E-state index in [-0.39, 0.29) is 18.8 Å². The van der Waals surface area contributed by atoms with Crippen LogP contribution in [0.5, 0.6) is 17.2 Å². The first kappa shape index (κ1) is 31.5. The maximum atomic E-state index is 12.4. The van der Waals surface area contributed by atoms with Gasteiger partial charge in [-0.05, 0) is 77.9 Å². The minimum atomic E-state index is -1.15. The number of carbonyl (C=O) groups excluding carboxylic acids is 3. The van der Waals surface area contributed by atoms with Gasteiger partial charge >= 0.3 is 18.0 Å². The third-order valence-corrected chi connectivity index (χ3v) is 6.48. The first-order valence-corrected chi connectivity index (χ1v) is 13.5. The molecule has 14 heteroatoms. The van der Waals surface area contributed by atoms with Crippen molar-refractivity contribution in [2.45, 2.75) is 26.1 Å². The summed E-state index contributed by atoms with van der Waals surface area (Å²) in [7, 11) is 2.55. The lowest BCUT2D eigenvalue weighted by Gasteiger charge is -2.28. The van der Waals surface area contributed by atoms with Crippen molar-refractivity contribution in [1.29, 1.82) is 0 Å². The molecule has 13 nitrogen and oxygen atoms in total. The second-order valence-corrected chi connectivity index (χ2v) is 9.63. The van der Waals surface area contributed by atoms with Gasteiger partial charge in [0.2, 0.25) is 0 Å². The van der Waals surface area contributed by atoms with E-state index in [2.05, 4.69) is 48.5 Å². The van der Waals surface area contributed by atoms with Gasteiger partial charge in [-0.2, -0.15) is 5.10 Å². The number of nitrogens with zero attached hydrogens (tertiary/aromatic N) is 1. The standard InChI is InChI=1S/C27H31IN4O9/c1-5-39-21-11-17(25-24(26(35)38-4)15(2)30-27(36)31-25)7-9-20(21)40-13-22(33)32-29-12-16-6-8-19(18(28)10-16)41-14-23(34)37-3/h6-12,22,25,32-33H,5,13-14H2,1-4H3,(H2,30,31,36)/b29-12-/t22-,25+/m0/s1. The monoisotopic (exact) mass is 682 g/mol. The summed E-state index contributed by atoms with van der Waals surface area (Å²) in [5.41, 5.74) is 4.54. The maximum absolute atomic E-state index is 12.4. The number of allylic oxidation sites excluding steroid dienone is 1. The number of aliphatic hydroxyl groups is 1. The van der Waals surface area contributed by atoms with Crippen LogP contribution < -0.4 is 30.3 Å². The molecule has 0 saturated carbocycles. The smallest absolute Gasteiger partial charge is 0.343 e. The van der Waals surface area contributed by atoms with Gasteiger partial charge in [0.05, 0.1) is 42.2 Å². The fourth-order valence-corrected chi connectivity index (χ4v) is 4.43. The summed E-state index contributed by atoms with van der Waals surface area (Å²) in [4.78, 5) is 35.8. The van der Waals surface area contributed by atoms with Gasteiger partial charge in [-0.25, -0.2) is 14.4 Å². The fraction of sp³-hybridized carbons (Fsp3) is 0.333. The lowest BCUT2D eigenvalue weighted by molar-refractivity contribution is -0.143. The number of nitrogens with one attached hydrogen (secondary N) is 3. The average molecular weight is 682 g/mol. The zero-order valence-electron chi connectivity index (χ0n) is 22.9. The second-order valence-electron chi connectivity index (χ2n) is 8.47. The first-order valence-electron chi connectivity index (χ1n) is 12.4. The number of benzene rings is 2. The zero-order chi connectivity index (χ0) is 29.9. The first-order chi connectivity index (χ1) is 19.7. The van der Waals surface area contributed by atoms with Gasteiger partial charge in [-0.15, -0.1) is 0 Å². The molecular weight excluding hydrogens is 651 g/mol. The highest BCUT2D eigenvalue weighted by Crippen LogP contribution is 2.35. The lowest BCUT2D eigenvalue weighted by Crippen LogP contribution is -2.45. The molecule has 0 bridgehead atoms. The molecule has 220 valence electrons. The van der Waals surface area contributed by atoms with Crippen molar-refractivity contribution in [2.75, 3.05) is 34.0 Å². The Hall–Kier alpha value is -4.05. The van der Waals surface area contributed by atoms with Crippen molar-refractivity contribution in [3.8, 4) is 17.2 Å². The number of rotatable bonds is 13. The van der Waals surface area contributed by atoms with Gasteiger partial charge in [0.1, 0.15) is 12.4 Å². The van der Waals surface area contributed by atoms with Crippen molar-refractivity contribution >= 4 is 46.8 Å². The number of halogens is 1. The van der Waals surface area contributed by atoms with Crippen LogP contribution in [-0.2, 0) is 19.1 Å². The summed E-state index contributed by atoms with van der Waals surface area (Å²) in [6.07, 6.45) is 0.361. The van der Waals surface area contributed by atoms with Gasteiger partial charge in [-0.1, -0.05) is 6.07 Å². The van der Waals surface area contributed by atoms with E-state index in [0.717, 1.165) is 9.13 Å². The van der Waals surface area contributed by atoms with Crippen molar-refractivity contribution in [2.24, 2.45) is 5.10 Å². The van der Waals surface area contributed by atoms with Crippen LogP contribution in [0.2, 0.25) is 0 Å². The number of aliphatic hydroxyl groups excluding tert-OH is 1. The fourth-order valence-electron chi connectivity index (χ4n) is 3.73. The number of hydrogen-bond donors (Lipinski definition) is 4. The average Bonchev–Trinajstić information content (AvgIpc) is 2.95. The Labute approximate surface area is 250 Å². The van der Waals surface area contributed by atoms with Gasteiger partial charge < -0.3 is 39.4 Å². The largest absolute Gasteiger partial charge is 0.490 e. The molecule has 0 aliphatic carbocycles. The van der Waals surface area contributed by atoms with E-state index in [1.807, 2.05) is 0 Å². The summed E-state index contributed by atoms with van der Waals surface area (Å²) >= 11 is 2.07. The van der Waals surface area contributed by atoms with Crippen LogP contribution >= 0.6 is 22.6 Å². The molecule has 1 aliphatic heterocycles. The Morgan fingerprint density at radius 3 is 2.54 bits per heavy atom. The third kappa shape index (κ3) is 8.72. The molecule has 3 rings (SSSR count). The van der Waals surface area contributed by atoms with Gasteiger partial charge in [0.25, 0.3) is 0 Å². The van der Waals surface area contributed by atoms with Crippen LogP contribution in [0.15, 0.2) is 52.8 Å². The normalized spacial score (nSPS) is 15.5. The van der Waals surface area contributed by atoms with Crippen LogP contribution in [0.3, 0.4) is 0 Å². The molecule has 2 amide bonds. The number of amides is 2. The number of carbonyl (C=O) groups is 3. The molecule has 0 aromatic heterocycles. The molecule has 2 atom stereocenters. The van der Waals surface area contributed by atoms with Crippen molar-refractivity contribution in [1.82, 2.24) is 16.1 Å². The third-order valence-electron chi connectivity index (χ3n) is 5.64. The molecular formula is C27H31IN4O9. The molecule has 0 spiro atoms. The number of ether oxygens (including phenoxy) is 5. The Morgan fingerprint density at radius 2 is 1.85 bits per heavy atom. The molecule has 1 heterocycles. The molecule has 0 radical (unpaired) electrons. The summed E-state index contributed by atoms with van der Waals surface area (Å²) in [5, 5.41) is 19.7. The van der Waals surface area contributed by atoms with Crippen LogP contribution in [0, 0.1) is 3.57 Å². The summed E-state index contributed by atoms with van der Waals surface area (Å²) in [6.45, 7) is 3.39. The van der Waals surface area contributed by atoms with E-state index in [1.165, 1.54) is 20.4 Å². The highest BCUT2D eigenvalue weighted by atomic mass is 127. The molecule has 0 unspecified atom stereocenters. The number of hydrogen-bond acceptors (Lipinski definition) is 11. The van der Waals surface area contributed by atoms with E-state index in [9.17, 15) is 19.5 Å². The number of methoxy groups -OCH3 is 2. The summed E-state index contributed by atoms with van der Waals surface area (Å²) < 4.78 is 27.1. The highest BCUT2D eigenvalue weighted by Gasteiger charge is 2.32. The highest BCUT2D eigenvalue weighted by molar-refractivity contribution is 14.1. The zero-order valence-corrected chi connectivity index (χ0v) is 25.0. The van der Waals surface area contributed by atoms with Gasteiger partial charge in [0.15, 0.2) is 24.3 Å². The quantitative estimate of drug-likeness (QED) is 0.0811. The SMILES string of the molecule is CCOc1cc([C@H]2NC(=O)NC(C)=C2C(=O)OC)ccc1OC[C@H](O)N/N=C\c1ccc(OCC(=O)OC)c(I)c1. The van der Waals surface area contributed by atoms with E-state index in [4.69, 9.17) is 18.9 Å². The number of esters is 2. The Morgan fingerprint density at radius 1 is 1.10 bits per heavy atom. The second kappa shape index (κ2) is 15.1. The molecule has 4 N–H and O–H groups in total. The molecule has 0 fully saturated rings. The topological polar surface area (TPSA) is 166 Å². The van der Waals surface area contributed by atoms with Crippen LogP contribution in [-0.4, -0.2) is 69.6 Å². The number of hydrazone groups is 1. The minimum Gasteiger partial charge on any atom is -0.490 e. The van der Waals surface area contributed by atoms with Crippen LogP contribution in [0.1, 0.15) is 31.0 Å². The van der Waals surface area contributed by atoms with Crippen LogP contribution in [0.25, 0.3) is 0 Å². The van der Waals surface area contributed by atoms with E-state index in [0.29, 0.717) is 35.1 Å². The summed E-state index contributed by atoms with van der Waals surface area (Å²) in [5.74, 6) is 0.176. The van der Waals surface area contributed by atoms with Gasteiger partial charge in [0, 0.05) is 5.70 Å². The molecule has 2 aromatic carbocycles. The van der Waals surface area contributed by atoms with Crippen molar-refractivity contribution < 1.29 is 43.2 Å². The minimum absolute atomic E-state index is 0.162. The number of urea groups is 1. The Kier molecular flexibility index (Phi) is 11.6. The maximum Gasteiger partial charge on any atom is 0.343 e. The Balaban J connectivity index is 1.63. The van der Waals surface area contributed by atoms with Gasteiger partial charge in [-0.3, -0.25) is 5.43 Å². The molecule has 41 heavy (non-hydrogen) atoms. The van der Waals surface area contributed by atoms with E-state index >= 15 is 0 Å². The lowest BCUT2D eigenvalue weighted by atomic mass is 9.95.